The van der Waals surface area contributed by atoms with Crippen molar-refractivity contribution in [2.45, 2.75) is 40.2 Å². The molecular weight excluding hydrogens is 252 g/mol. The normalized spacial score (nSPS) is 12.9. The van der Waals surface area contributed by atoms with Crippen molar-refractivity contribution in [2.24, 2.45) is 5.92 Å². The lowest BCUT2D eigenvalue weighted by atomic mass is 10.0. The molecule has 0 aliphatic carbocycles. The lowest BCUT2D eigenvalue weighted by molar-refractivity contribution is 0.509. The molecule has 1 N–H and O–H groups in total. The molecule has 0 aliphatic rings. The van der Waals surface area contributed by atoms with Crippen LogP contribution in [0.25, 0.3) is 0 Å². The zero-order valence-corrected chi connectivity index (χ0v) is 11.4. The number of rotatable bonds is 4. The largest absolute Gasteiger partial charge is 0.367 e. The lowest BCUT2D eigenvalue weighted by Crippen LogP contribution is -2.25. The van der Waals surface area contributed by atoms with Gasteiger partial charge in [0.05, 0.1) is 5.69 Å². The van der Waals surface area contributed by atoms with Gasteiger partial charge in [0.15, 0.2) is 0 Å². The Morgan fingerprint density at radius 1 is 1.40 bits per heavy atom. The van der Waals surface area contributed by atoms with E-state index >= 15 is 0 Å². The minimum absolute atomic E-state index is 0.498. The third-order valence-electron chi connectivity index (χ3n) is 2.60. The maximum Gasteiger partial charge on any atom is 0.126 e. The SMILES string of the molecule is CCC(Nc1ccc(Br)c(C)n1)C(C)C. The summed E-state index contributed by atoms with van der Waals surface area (Å²) in [6.45, 7) is 8.66. The third-order valence-corrected chi connectivity index (χ3v) is 3.44. The Kier molecular flexibility index (Phi) is 4.58. The predicted octanol–water partition coefficient (Wildman–Crippen LogP) is 4.00. The van der Waals surface area contributed by atoms with Crippen LogP contribution in [0.1, 0.15) is 32.9 Å². The van der Waals surface area contributed by atoms with Crippen LogP contribution in [0, 0.1) is 12.8 Å². The molecule has 0 bridgehead atoms. The zero-order valence-electron chi connectivity index (χ0n) is 9.84. The summed E-state index contributed by atoms with van der Waals surface area (Å²) in [7, 11) is 0. The summed E-state index contributed by atoms with van der Waals surface area (Å²) in [5, 5.41) is 3.46. The molecule has 0 saturated carbocycles. The fourth-order valence-corrected chi connectivity index (χ4v) is 1.78. The number of nitrogens with one attached hydrogen (secondary N) is 1. The zero-order chi connectivity index (χ0) is 11.4. The number of hydrogen-bond donors (Lipinski definition) is 1. The molecule has 0 aromatic carbocycles. The van der Waals surface area contributed by atoms with Gasteiger partial charge in [0, 0.05) is 10.5 Å². The number of anilines is 1. The van der Waals surface area contributed by atoms with Crippen molar-refractivity contribution in [3.05, 3.63) is 22.3 Å². The third kappa shape index (κ3) is 3.49. The Bertz CT molecular complexity index is 323. The second-order valence-corrected chi connectivity index (χ2v) is 5.02. The van der Waals surface area contributed by atoms with Crippen molar-refractivity contribution < 1.29 is 0 Å². The average Bonchev–Trinajstić information content (AvgIpc) is 2.19. The molecule has 2 nitrogen and oxygen atoms in total. The van der Waals surface area contributed by atoms with E-state index in [0.29, 0.717) is 12.0 Å². The smallest absolute Gasteiger partial charge is 0.126 e. The van der Waals surface area contributed by atoms with Gasteiger partial charge in [0.25, 0.3) is 0 Å². The molecule has 0 aliphatic heterocycles. The summed E-state index contributed by atoms with van der Waals surface area (Å²) in [6, 6.07) is 4.55. The Balaban J connectivity index is 2.75. The van der Waals surface area contributed by atoms with E-state index in [4.69, 9.17) is 0 Å². The molecule has 0 fully saturated rings. The molecule has 84 valence electrons. The van der Waals surface area contributed by atoms with Crippen LogP contribution in [0.3, 0.4) is 0 Å². The van der Waals surface area contributed by atoms with Crippen molar-refractivity contribution in [1.29, 1.82) is 0 Å². The first-order chi connectivity index (χ1) is 7.04. The van der Waals surface area contributed by atoms with Gasteiger partial charge in [-0.2, -0.15) is 0 Å². The van der Waals surface area contributed by atoms with Crippen LogP contribution in [0.5, 0.6) is 0 Å². The van der Waals surface area contributed by atoms with E-state index in [-0.39, 0.29) is 0 Å². The molecule has 0 saturated heterocycles. The molecule has 0 amide bonds. The average molecular weight is 271 g/mol. The quantitative estimate of drug-likeness (QED) is 0.895. The number of aromatic nitrogens is 1. The second-order valence-electron chi connectivity index (χ2n) is 4.17. The van der Waals surface area contributed by atoms with E-state index in [1.165, 1.54) is 0 Å². The molecule has 1 aromatic heterocycles. The molecular formula is C12H19BrN2. The molecule has 3 heteroatoms. The number of halogens is 1. The Morgan fingerprint density at radius 2 is 2.07 bits per heavy atom. The van der Waals surface area contributed by atoms with Crippen LogP contribution in [-0.2, 0) is 0 Å². The number of nitrogens with zero attached hydrogens (tertiary/aromatic N) is 1. The highest BCUT2D eigenvalue weighted by Crippen LogP contribution is 2.18. The van der Waals surface area contributed by atoms with Crippen molar-refractivity contribution in [3.8, 4) is 0 Å². The monoisotopic (exact) mass is 270 g/mol. The van der Waals surface area contributed by atoms with E-state index in [9.17, 15) is 0 Å². The van der Waals surface area contributed by atoms with Crippen molar-refractivity contribution in [3.63, 3.8) is 0 Å². The minimum Gasteiger partial charge on any atom is -0.367 e. The topological polar surface area (TPSA) is 24.9 Å². The number of hydrogen-bond acceptors (Lipinski definition) is 2. The van der Waals surface area contributed by atoms with Crippen molar-refractivity contribution in [1.82, 2.24) is 4.98 Å². The lowest BCUT2D eigenvalue weighted by Gasteiger charge is -2.21. The van der Waals surface area contributed by atoms with Crippen LogP contribution >= 0.6 is 15.9 Å². The van der Waals surface area contributed by atoms with Gasteiger partial charge in [-0.1, -0.05) is 20.8 Å². The van der Waals surface area contributed by atoms with Gasteiger partial charge in [-0.05, 0) is 47.3 Å². The summed E-state index contributed by atoms with van der Waals surface area (Å²) in [4.78, 5) is 4.48. The van der Waals surface area contributed by atoms with E-state index in [1.807, 2.05) is 19.1 Å². The summed E-state index contributed by atoms with van der Waals surface area (Å²) < 4.78 is 1.06. The highest BCUT2D eigenvalue weighted by molar-refractivity contribution is 9.10. The molecule has 1 aromatic rings. The van der Waals surface area contributed by atoms with Gasteiger partial charge in [-0.3, -0.25) is 0 Å². The van der Waals surface area contributed by atoms with E-state index < -0.39 is 0 Å². The highest BCUT2D eigenvalue weighted by atomic mass is 79.9. The highest BCUT2D eigenvalue weighted by Gasteiger charge is 2.11. The van der Waals surface area contributed by atoms with Crippen LogP contribution < -0.4 is 5.32 Å². The molecule has 1 rings (SSSR count). The van der Waals surface area contributed by atoms with Gasteiger partial charge in [-0.25, -0.2) is 4.98 Å². The molecule has 1 atom stereocenters. The molecule has 1 unspecified atom stereocenters. The van der Waals surface area contributed by atoms with E-state index in [1.54, 1.807) is 0 Å². The van der Waals surface area contributed by atoms with Crippen LogP contribution in [0.4, 0.5) is 5.82 Å². The first kappa shape index (κ1) is 12.5. The van der Waals surface area contributed by atoms with E-state index in [2.05, 4.69) is 47.0 Å². The number of aryl methyl sites for hydroxylation is 1. The number of pyridine rings is 1. The molecule has 0 spiro atoms. The van der Waals surface area contributed by atoms with Gasteiger partial charge in [-0.15, -0.1) is 0 Å². The van der Waals surface area contributed by atoms with Crippen LogP contribution in [0.15, 0.2) is 16.6 Å². The van der Waals surface area contributed by atoms with Crippen molar-refractivity contribution in [2.75, 3.05) is 5.32 Å². The Hall–Kier alpha value is -0.570. The standard InChI is InChI=1S/C12H19BrN2/c1-5-11(8(2)3)15-12-7-6-10(13)9(4)14-12/h6-8,11H,5H2,1-4H3,(H,14,15). The van der Waals surface area contributed by atoms with E-state index in [0.717, 1.165) is 22.4 Å². The summed E-state index contributed by atoms with van der Waals surface area (Å²) in [6.07, 6.45) is 1.12. The fourth-order valence-electron chi connectivity index (χ4n) is 1.55. The Labute approximate surface area is 101 Å². The van der Waals surface area contributed by atoms with Gasteiger partial charge >= 0.3 is 0 Å². The maximum absolute atomic E-state index is 4.48. The minimum atomic E-state index is 0.498. The van der Waals surface area contributed by atoms with Crippen molar-refractivity contribution >= 4 is 21.7 Å². The summed E-state index contributed by atoms with van der Waals surface area (Å²) >= 11 is 3.45. The van der Waals surface area contributed by atoms with Gasteiger partial charge < -0.3 is 5.32 Å². The second kappa shape index (κ2) is 5.50. The first-order valence-corrected chi connectivity index (χ1v) is 6.23. The predicted molar refractivity (Wildman–Crippen MR) is 69.2 cm³/mol. The van der Waals surface area contributed by atoms with Gasteiger partial charge in [0.2, 0.25) is 0 Å². The molecule has 1 heterocycles. The van der Waals surface area contributed by atoms with Crippen LogP contribution in [-0.4, -0.2) is 11.0 Å². The first-order valence-electron chi connectivity index (χ1n) is 5.44. The molecule has 0 radical (unpaired) electrons. The Morgan fingerprint density at radius 3 is 2.53 bits per heavy atom. The van der Waals surface area contributed by atoms with Crippen LogP contribution in [0.2, 0.25) is 0 Å². The molecule has 15 heavy (non-hydrogen) atoms. The van der Waals surface area contributed by atoms with Gasteiger partial charge in [0.1, 0.15) is 5.82 Å². The summed E-state index contributed by atoms with van der Waals surface area (Å²) in [5.41, 5.74) is 1.03. The maximum atomic E-state index is 4.48. The fraction of sp³-hybridized carbons (Fsp3) is 0.583. The summed E-state index contributed by atoms with van der Waals surface area (Å²) in [5.74, 6) is 1.59.